The average Bonchev–Trinajstić information content (AvgIpc) is 2.70. The summed E-state index contributed by atoms with van der Waals surface area (Å²) >= 11 is 0. The lowest BCUT2D eigenvalue weighted by molar-refractivity contribution is -0.143. The first-order valence-corrected chi connectivity index (χ1v) is 12.6. The third-order valence-electron chi connectivity index (χ3n) is 5.40. The predicted octanol–water partition coefficient (Wildman–Crippen LogP) is 8.93. The van der Waals surface area contributed by atoms with Crippen molar-refractivity contribution in [3.8, 4) is 0 Å². The molecule has 0 spiro atoms. The predicted molar refractivity (Wildman–Crippen MR) is 124 cm³/mol. The second-order valence-electron chi connectivity index (χ2n) is 8.32. The molecule has 0 aromatic carbocycles. The van der Waals surface area contributed by atoms with Crippen molar-refractivity contribution in [1.29, 1.82) is 0 Å². The van der Waals surface area contributed by atoms with Crippen LogP contribution in [0.3, 0.4) is 0 Å². The first-order valence-electron chi connectivity index (χ1n) is 12.6. The van der Waals surface area contributed by atoms with Gasteiger partial charge in [0.05, 0.1) is 6.61 Å². The highest BCUT2D eigenvalue weighted by Gasteiger charge is 2.02. The maximum atomic E-state index is 11.6. The van der Waals surface area contributed by atoms with Crippen LogP contribution in [-0.4, -0.2) is 12.6 Å². The molecule has 0 aliphatic rings. The molecular formula is C26H50O2. The zero-order valence-electron chi connectivity index (χ0n) is 19.3. The third-order valence-corrected chi connectivity index (χ3v) is 5.40. The van der Waals surface area contributed by atoms with Gasteiger partial charge in [-0.3, -0.25) is 4.79 Å². The van der Waals surface area contributed by atoms with Crippen LogP contribution >= 0.6 is 0 Å². The summed E-state index contributed by atoms with van der Waals surface area (Å²) in [6.07, 6.45) is 29.6. The average molecular weight is 395 g/mol. The van der Waals surface area contributed by atoms with Gasteiger partial charge in [0.25, 0.3) is 0 Å². The lowest BCUT2D eigenvalue weighted by Crippen LogP contribution is -2.05. The molecule has 0 rings (SSSR count). The first kappa shape index (κ1) is 27.2. The summed E-state index contributed by atoms with van der Waals surface area (Å²) in [5.41, 5.74) is 0. The van der Waals surface area contributed by atoms with E-state index in [2.05, 4.69) is 26.0 Å². The fraction of sp³-hybridized carbons (Fsp3) is 0.885. The summed E-state index contributed by atoms with van der Waals surface area (Å²) in [7, 11) is 0. The van der Waals surface area contributed by atoms with Gasteiger partial charge in [0.15, 0.2) is 0 Å². The van der Waals surface area contributed by atoms with Gasteiger partial charge < -0.3 is 4.74 Å². The maximum absolute atomic E-state index is 11.6. The van der Waals surface area contributed by atoms with Gasteiger partial charge in [-0.25, -0.2) is 0 Å². The van der Waals surface area contributed by atoms with Crippen molar-refractivity contribution in [1.82, 2.24) is 0 Å². The zero-order chi connectivity index (χ0) is 20.5. The number of rotatable bonds is 22. The van der Waals surface area contributed by atoms with Crippen LogP contribution in [-0.2, 0) is 9.53 Å². The van der Waals surface area contributed by atoms with Gasteiger partial charge in [0, 0.05) is 6.42 Å². The standard InChI is InChI=1S/C26H50O2/c1-3-5-7-9-10-11-12-13-14-15-16-17-18-19-21-23-25-28-26(27)24-22-20-8-6-4-2/h13-14H,3-12,15-25H2,1-2H3/b14-13+. The Morgan fingerprint density at radius 1 is 0.571 bits per heavy atom. The van der Waals surface area contributed by atoms with Crippen LogP contribution in [0, 0.1) is 0 Å². The number of hydrogen-bond acceptors (Lipinski definition) is 2. The first-order chi connectivity index (χ1) is 13.8. The molecule has 0 aliphatic carbocycles. The fourth-order valence-corrected chi connectivity index (χ4v) is 3.48. The number of ether oxygens (including phenoxy) is 1. The van der Waals surface area contributed by atoms with E-state index in [9.17, 15) is 4.79 Å². The molecule has 0 unspecified atom stereocenters. The molecule has 0 saturated carbocycles. The van der Waals surface area contributed by atoms with Crippen molar-refractivity contribution >= 4 is 5.97 Å². The Kier molecular flexibility index (Phi) is 23.6. The molecule has 0 fully saturated rings. The lowest BCUT2D eigenvalue weighted by Gasteiger charge is -2.05. The molecule has 0 heterocycles. The Hall–Kier alpha value is -0.790. The third kappa shape index (κ3) is 23.2. The van der Waals surface area contributed by atoms with E-state index in [1.807, 2.05) is 0 Å². The van der Waals surface area contributed by atoms with Crippen molar-refractivity contribution < 1.29 is 9.53 Å². The van der Waals surface area contributed by atoms with E-state index in [1.54, 1.807) is 0 Å². The Morgan fingerprint density at radius 2 is 1.00 bits per heavy atom. The van der Waals surface area contributed by atoms with Crippen molar-refractivity contribution in [2.24, 2.45) is 0 Å². The second-order valence-corrected chi connectivity index (χ2v) is 8.32. The van der Waals surface area contributed by atoms with E-state index < -0.39 is 0 Å². The number of allylic oxidation sites excluding steroid dienone is 2. The van der Waals surface area contributed by atoms with Crippen molar-refractivity contribution in [2.75, 3.05) is 6.61 Å². The molecule has 0 atom stereocenters. The monoisotopic (exact) mass is 394 g/mol. The van der Waals surface area contributed by atoms with E-state index >= 15 is 0 Å². The Bertz CT molecular complexity index is 335. The normalized spacial score (nSPS) is 11.4. The van der Waals surface area contributed by atoms with Crippen LogP contribution in [0.15, 0.2) is 12.2 Å². The van der Waals surface area contributed by atoms with Gasteiger partial charge in [-0.15, -0.1) is 0 Å². The van der Waals surface area contributed by atoms with Crippen LogP contribution < -0.4 is 0 Å². The van der Waals surface area contributed by atoms with E-state index in [0.717, 1.165) is 19.3 Å². The number of carbonyl (C=O) groups is 1. The van der Waals surface area contributed by atoms with Gasteiger partial charge in [-0.05, 0) is 38.5 Å². The van der Waals surface area contributed by atoms with E-state index in [4.69, 9.17) is 4.74 Å². The minimum atomic E-state index is 0.00393. The minimum absolute atomic E-state index is 0.00393. The fourth-order valence-electron chi connectivity index (χ4n) is 3.48. The molecule has 2 heteroatoms. The second kappa shape index (κ2) is 24.2. The smallest absolute Gasteiger partial charge is 0.305 e. The molecule has 166 valence electrons. The number of esters is 1. The van der Waals surface area contributed by atoms with Crippen LogP contribution in [0.5, 0.6) is 0 Å². The largest absolute Gasteiger partial charge is 0.466 e. The highest BCUT2D eigenvalue weighted by atomic mass is 16.5. The molecule has 0 aliphatic heterocycles. The molecule has 0 radical (unpaired) electrons. The van der Waals surface area contributed by atoms with Gasteiger partial charge in [-0.1, -0.05) is 109 Å². The summed E-state index contributed by atoms with van der Waals surface area (Å²) in [5, 5.41) is 0. The highest BCUT2D eigenvalue weighted by Crippen LogP contribution is 2.10. The molecule has 0 bridgehead atoms. The topological polar surface area (TPSA) is 26.3 Å². The Balaban J connectivity index is 3.17. The number of carbonyl (C=O) groups excluding carboxylic acids is 1. The van der Waals surface area contributed by atoms with Gasteiger partial charge in [0.2, 0.25) is 0 Å². The Morgan fingerprint density at radius 3 is 1.54 bits per heavy atom. The van der Waals surface area contributed by atoms with Crippen molar-refractivity contribution in [3.05, 3.63) is 12.2 Å². The van der Waals surface area contributed by atoms with Crippen molar-refractivity contribution in [2.45, 2.75) is 142 Å². The molecule has 0 aromatic heterocycles. The van der Waals surface area contributed by atoms with Crippen LogP contribution in [0.2, 0.25) is 0 Å². The quantitative estimate of drug-likeness (QED) is 0.104. The number of hydrogen-bond donors (Lipinski definition) is 0. The summed E-state index contributed by atoms with van der Waals surface area (Å²) < 4.78 is 5.32. The zero-order valence-corrected chi connectivity index (χ0v) is 19.3. The summed E-state index contributed by atoms with van der Waals surface area (Å²) in [6.45, 7) is 5.11. The molecule has 0 amide bonds. The summed E-state index contributed by atoms with van der Waals surface area (Å²) in [5.74, 6) is 0.00393. The van der Waals surface area contributed by atoms with Crippen molar-refractivity contribution in [3.63, 3.8) is 0 Å². The van der Waals surface area contributed by atoms with E-state index in [1.165, 1.54) is 103 Å². The molecule has 0 aromatic rings. The molecule has 0 saturated heterocycles. The summed E-state index contributed by atoms with van der Waals surface area (Å²) in [6, 6.07) is 0. The van der Waals surface area contributed by atoms with Gasteiger partial charge in [-0.2, -0.15) is 0 Å². The molecule has 28 heavy (non-hydrogen) atoms. The SMILES string of the molecule is CCCCCCCC/C=C/CCCCCCCCOC(=O)CCCCCCC. The van der Waals surface area contributed by atoms with Crippen LogP contribution in [0.4, 0.5) is 0 Å². The van der Waals surface area contributed by atoms with Crippen LogP contribution in [0.1, 0.15) is 142 Å². The van der Waals surface area contributed by atoms with Gasteiger partial charge in [0.1, 0.15) is 0 Å². The Labute approximate surface area is 176 Å². The van der Waals surface area contributed by atoms with E-state index in [-0.39, 0.29) is 5.97 Å². The highest BCUT2D eigenvalue weighted by molar-refractivity contribution is 5.69. The molecular weight excluding hydrogens is 344 g/mol. The van der Waals surface area contributed by atoms with E-state index in [0.29, 0.717) is 13.0 Å². The molecule has 2 nitrogen and oxygen atoms in total. The summed E-state index contributed by atoms with van der Waals surface area (Å²) in [4.78, 5) is 11.6. The van der Waals surface area contributed by atoms with Crippen LogP contribution in [0.25, 0.3) is 0 Å². The molecule has 0 N–H and O–H groups in total. The van der Waals surface area contributed by atoms with Gasteiger partial charge >= 0.3 is 5.97 Å². The minimum Gasteiger partial charge on any atom is -0.466 e. The maximum Gasteiger partial charge on any atom is 0.305 e. The number of unbranched alkanes of at least 4 members (excludes halogenated alkanes) is 16. The lowest BCUT2D eigenvalue weighted by atomic mass is 10.1.